The number of hydrogen-bond acceptors (Lipinski definition) is 7. The minimum atomic E-state index is -1.08. The van der Waals surface area contributed by atoms with Crippen LogP contribution in [0.2, 0.25) is 0 Å². The van der Waals surface area contributed by atoms with Gasteiger partial charge in [-0.15, -0.1) is 0 Å². The molecule has 4 unspecified atom stereocenters. The van der Waals surface area contributed by atoms with Crippen LogP contribution >= 0.6 is 0 Å². The van der Waals surface area contributed by atoms with Crippen molar-refractivity contribution in [3.8, 4) is 0 Å². The van der Waals surface area contributed by atoms with Crippen LogP contribution in [-0.4, -0.2) is 76.9 Å². The van der Waals surface area contributed by atoms with Gasteiger partial charge in [-0.25, -0.2) is 4.79 Å². The lowest BCUT2D eigenvalue weighted by atomic mass is 10.0. The average molecular weight is 471 g/mol. The quantitative estimate of drug-likeness (QED) is 0.162. The molecule has 0 spiro atoms. The Labute approximate surface area is 194 Å². The lowest BCUT2D eigenvalue weighted by molar-refractivity contribution is -0.149. The van der Waals surface area contributed by atoms with Gasteiger partial charge in [0.1, 0.15) is 18.1 Å². The zero-order valence-corrected chi connectivity index (χ0v) is 19.4. The normalized spacial score (nSPS) is 18.5. The predicted molar refractivity (Wildman–Crippen MR) is 120 cm³/mol. The molecule has 1 aliphatic heterocycles. The van der Waals surface area contributed by atoms with Crippen molar-refractivity contribution in [3.63, 3.8) is 0 Å². The minimum Gasteiger partial charge on any atom is -0.480 e. The summed E-state index contributed by atoms with van der Waals surface area (Å²) in [7, 11) is 0. The lowest BCUT2D eigenvalue weighted by Gasteiger charge is -2.30. The molecule has 4 atom stereocenters. The summed E-state index contributed by atoms with van der Waals surface area (Å²) in [5, 5.41) is 14.7. The molecule has 0 aromatic rings. The summed E-state index contributed by atoms with van der Waals surface area (Å²) in [6.45, 7) is 4.18. The van der Waals surface area contributed by atoms with E-state index in [1.807, 2.05) is 0 Å². The van der Waals surface area contributed by atoms with Crippen molar-refractivity contribution in [3.05, 3.63) is 0 Å². The first-order chi connectivity index (χ1) is 15.5. The molecule has 4 amide bonds. The second kappa shape index (κ2) is 13.7. The highest BCUT2D eigenvalue weighted by molar-refractivity contribution is 5.94. The fraction of sp³-hybridized carbons (Fsp3) is 0.762. The van der Waals surface area contributed by atoms with Crippen LogP contribution in [0.25, 0.3) is 0 Å². The number of aliphatic carboxylic acids is 1. The molecule has 12 nitrogen and oxygen atoms in total. The van der Waals surface area contributed by atoms with Gasteiger partial charge in [0.15, 0.2) is 0 Å². The van der Waals surface area contributed by atoms with Crippen molar-refractivity contribution in [2.45, 2.75) is 83.0 Å². The third-order valence-electron chi connectivity index (χ3n) is 5.67. The molecule has 33 heavy (non-hydrogen) atoms. The van der Waals surface area contributed by atoms with Crippen molar-refractivity contribution in [1.82, 2.24) is 15.5 Å². The molecule has 0 aromatic heterocycles. The molecule has 1 aliphatic rings. The van der Waals surface area contributed by atoms with E-state index in [0.717, 1.165) is 0 Å². The van der Waals surface area contributed by atoms with Crippen molar-refractivity contribution in [2.75, 3.05) is 13.1 Å². The summed E-state index contributed by atoms with van der Waals surface area (Å²) in [4.78, 5) is 62.3. The fourth-order valence-corrected chi connectivity index (χ4v) is 3.72. The average Bonchev–Trinajstić information content (AvgIpc) is 3.24. The van der Waals surface area contributed by atoms with Gasteiger partial charge in [-0.05, 0) is 51.0 Å². The van der Waals surface area contributed by atoms with E-state index < -0.39 is 53.8 Å². The van der Waals surface area contributed by atoms with Crippen LogP contribution in [0.4, 0.5) is 0 Å². The second-order valence-electron chi connectivity index (χ2n) is 8.72. The largest absolute Gasteiger partial charge is 0.480 e. The zero-order valence-electron chi connectivity index (χ0n) is 19.4. The summed E-state index contributed by atoms with van der Waals surface area (Å²) in [6.07, 6.45) is 2.40. The zero-order chi connectivity index (χ0) is 25.1. The van der Waals surface area contributed by atoms with E-state index in [2.05, 4.69) is 10.6 Å². The van der Waals surface area contributed by atoms with Gasteiger partial charge in [-0.1, -0.05) is 13.8 Å². The number of carboxylic acid groups (broad SMARTS) is 1. The van der Waals surface area contributed by atoms with Gasteiger partial charge < -0.3 is 37.8 Å². The van der Waals surface area contributed by atoms with Crippen molar-refractivity contribution in [2.24, 2.45) is 23.1 Å². The number of nitrogens with zero attached hydrogens (tertiary/aromatic N) is 1. The Balaban J connectivity index is 2.92. The van der Waals surface area contributed by atoms with Crippen molar-refractivity contribution in [1.29, 1.82) is 0 Å². The maximum absolute atomic E-state index is 13.1. The van der Waals surface area contributed by atoms with Crippen LogP contribution in [0.5, 0.6) is 0 Å². The Bertz CT molecular complexity index is 715. The summed E-state index contributed by atoms with van der Waals surface area (Å²) in [5.41, 5.74) is 16.4. The second-order valence-corrected chi connectivity index (χ2v) is 8.72. The number of unbranched alkanes of at least 4 members (excludes halogenated alkanes) is 1. The van der Waals surface area contributed by atoms with Gasteiger partial charge >= 0.3 is 5.97 Å². The monoisotopic (exact) mass is 470 g/mol. The highest BCUT2D eigenvalue weighted by Crippen LogP contribution is 2.20. The van der Waals surface area contributed by atoms with Gasteiger partial charge in [-0.3, -0.25) is 19.2 Å². The molecule has 1 rings (SSSR count). The van der Waals surface area contributed by atoms with Gasteiger partial charge in [0, 0.05) is 13.0 Å². The summed E-state index contributed by atoms with van der Waals surface area (Å²) in [6, 6.07) is -3.86. The molecule has 188 valence electrons. The minimum absolute atomic E-state index is 0.0410. The van der Waals surface area contributed by atoms with E-state index in [9.17, 15) is 29.1 Å². The van der Waals surface area contributed by atoms with Gasteiger partial charge in [0.25, 0.3) is 0 Å². The molecule has 0 aliphatic carbocycles. The molecule has 1 fully saturated rings. The summed E-state index contributed by atoms with van der Waals surface area (Å²) in [5.74, 6) is -3.63. The van der Waals surface area contributed by atoms with E-state index in [1.165, 1.54) is 4.90 Å². The summed E-state index contributed by atoms with van der Waals surface area (Å²) >= 11 is 0. The third kappa shape index (κ3) is 8.97. The first-order valence-electron chi connectivity index (χ1n) is 11.4. The predicted octanol–water partition coefficient (Wildman–Crippen LogP) is -1.59. The van der Waals surface area contributed by atoms with Gasteiger partial charge in [-0.2, -0.15) is 0 Å². The molecule has 12 heteroatoms. The van der Waals surface area contributed by atoms with E-state index in [0.29, 0.717) is 45.2 Å². The number of primary amides is 1. The molecule has 1 saturated heterocycles. The van der Waals surface area contributed by atoms with Crippen molar-refractivity contribution >= 4 is 29.6 Å². The summed E-state index contributed by atoms with van der Waals surface area (Å²) < 4.78 is 0. The van der Waals surface area contributed by atoms with Gasteiger partial charge in [0.05, 0.1) is 6.04 Å². The SMILES string of the molecule is CC(C)C(NC(=O)C(N)CCC(N)=O)C(=O)NC(CCCCN)C(=O)N1CCCC1C(=O)O. The smallest absolute Gasteiger partial charge is 0.326 e. The van der Waals surface area contributed by atoms with E-state index in [4.69, 9.17) is 17.2 Å². The highest BCUT2D eigenvalue weighted by atomic mass is 16.4. The Kier molecular flexibility index (Phi) is 11.8. The third-order valence-corrected chi connectivity index (χ3v) is 5.67. The first kappa shape index (κ1) is 28.3. The first-order valence-corrected chi connectivity index (χ1v) is 11.4. The molecular weight excluding hydrogens is 432 g/mol. The number of likely N-dealkylation sites (tertiary alicyclic amines) is 1. The lowest BCUT2D eigenvalue weighted by Crippen LogP contribution is -2.58. The maximum Gasteiger partial charge on any atom is 0.326 e. The Morgan fingerprint density at radius 3 is 2.27 bits per heavy atom. The number of hydrogen-bond donors (Lipinski definition) is 6. The number of carbonyl (C=O) groups is 5. The number of carbonyl (C=O) groups excluding carboxylic acids is 4. The number of rotatable bonds is 14. The van der Waals surface area contributed by atoms with E-state index in [-0.39, 0.29) is 18.8 Å². The molecule has 0 bridgehead atoms. The Morgan fingerprint density at radius 2 is 1.73 bits per heavy atom. The molecule has 0 radical (unpaired) electrons. The van der Waals surface area contributed by atoms with E-state index >= 15 is 0 Å². The maximum atomic E-state index is 13.1. The van der Waals surface area contributed by atoms with Crippen LogP contribution in [-0.2, 0) is 24.0 Å². The van der Waals surface area contributed by atoms with Crippen LogP contribution < -0.4 is 27.8 Å². The van der Waals surface area contributed by atoms with E-state index in [1.54, 1.807) is 13.8 Å². The topological polar surface area (TPSA) is 211 Å². The molecular formula is C21H38N6O6. The van der Waals surface area contributed by atoms with Crippen LogP contribution in [0.3, 0.4) is 0 Å². The standard InChI is InChI=1S/C21H38N6O6/c1-12(2)17(26-18(29)13(23)8-9-16(24)28)19(30)25-14(6-3-4-10-22)20(31)27-11-5-7-15(27)21(32)33/h12-15,17H,3-11,22-23H2,1-2H3,(H2,24,28)(H,25,30)(H,26,29)(H,32,33). The number of nitrogens with one attached hydrogen (secondary N) is 2. The number of nitrogens with two attached hydrogens (primary N) is 3. The molecule has 9 N–H and O–H groups in total. The fourth-order valence-electron chi connectivity index (χ4n) is 3.72. The number of carboxylic acids is 1. The molecule has 1 heterocycles. The van der Waals surface area contributed by atoms with Crippen LogP contribution in [0, 0.1) is 5.92 Å². The Morgan fingerprint density at radius 1 is 1.06 bits per heavy atom. The van der Waals surface area contributed by atoms with Crippen molar-refractivity contribution < 1.29 is 29.1 Å². The Hall–Kier alpha value is -2.73. The number of amides is 4. The molecule has 0 aromatic carbocycles. The van der Waals surface area contributed by atoms with Gasteiger partial charge in [0.2, 0.25) is 23.6 Å². The van der Waals surface area contributed by atoms with Crippen LogP contribution in [0.15, 0.2) is 0 Å². The molecule has 0 saturated carbocycles. The van der Waals surface area contributed by atoms with Crippen LogP contribution in [0.1, 0.15) is 58.8 Å². The highest BCUT2D eigenvalue weighted by Gasteiger charge is 2.38.